The molecular weight excluding hydrogens is 492 g/mol. The summed E-state index contributed by atoms with van der Waals surface area (Å²) >= 11 is 6.21. The predicted octanol–water partition coefficient (Wildman–Crippen LogP) is 5.92. The number of aliphatic hydroxyl groups excluding tert-OH is 1. The molecule has 4 rings (SSSR count). The second kappa shape index (κ2) is 11.0. The first-order valence-corrected chi connectivity index (χ1v) is 12.6. The van der Waals surface area contributed by atoms with Gasteiger partial charge in [-0.3, -0.25) is 14.5 Å². The summed E-state index contributed by atoms with van der Waals surface area (Å²) in [6.45, 7) is 7.95. The summed E-state index contributed by atoms with van der Waals surface area (Å²) in [7, 11) is 0. The van der Waals surface area contributed by atoms with Crippen LogP contribution in [0.2, 0.25) is 5.02 Å². The molecule has 37 heavy (non-hydrogen) atoms. The fourth-order valence-electron chi connectivity index (χ4n) is 4.59. The number of ether oxygens (including phenoxy) is 1. The van der Waals surface area contributed by atoms with Gasteiger partial charge in [0, 0.05) is 30.0 Å². The van der Waals surface area contributed by atoms with E-state index >= 15 is 0 Å². The van der Waals surface area contributed by atoms with Gasteiger partial charge in [0.05, 0.1) is 23.2 Å². The van der Waals surface area contributed by atoms with Crippen molar-refractivity contribution in [2.75, 3.05) is 29.5 Å². The number of phenols is 1. The van der Waals surface area contributed by atoms with Crippen molar-refractivity contribution in [1.82, 2.24) is 0 Å². The van der Waals surface area contributed by atoms with Crippen LogP contribution in [-0.2, 0) is 9.59 Å². The van der Waals surface area contributed by atoms with Gasteiger partial charge in [0.1, 0.15) is 17.3 Å². The van der Waals surface area contributed by atoms with Crippen LogP contribution in [0.5, 0.6) is 11.5 Å². The highest BCUT2D eigenvalue weighted by Crippen LogP contribution is 2.43. The molecule has 2 N–H and O–H groups in total. The Morgan fingerprint density at radius 1 is 1.00 bits per heavy atom. The molecule has 0 aromatic heterocycles. The highest BCUT2D eigenvalue weighted by Gasteiger charge is 2.47. The summed E-state index contributed by atoms with van der Waals surface area (Å²) in [5.74, 6) is -1.63. The summed E-state index contributed by atoms with van der Waals surface area (Å²) in [5.41, 5.74) is 2.16. The lowest BCUT2D eigenvalue weighted by Crippen LogP contribution is -2.29. The lowest BCUT2D eigenvalue weighted by atomic mass is 9.95. The minimum absolute atomic E-state index is 0.0231. The molecule has 1 unspecified atom stereocenters. The van der Waals surface area contributed by atoms with Crippen molar-refractivity contribution in [2.45, 2.75) is 26.8 Å². The Balaban J connectivity index is 1.88. The molecule has 1 atom stereocenters. The molecule has 192 valence electrons. The summed E-state index contributed by atoms with van der Waals surface area (Å²) < 4.78 is 5.54. The topological polar surface area (TPSA) is 90.3 Å². The van der Waals surface area contributed by atoms with Gasteiger partial charge >= 0.3 is 0 Å². The van der Waals surface area contributed by atoms with Crippen LogP contribution in [0.15, 0.2) is 72.3 Å². The van der Waals surface area contributed by atoms with Crippen molar-refractivity contribution in [3.05, 3.63) is 88.5 Å². The Kier molecular flexibility index (Phi) is 7.74. The van der Waals surface area contributed by atoms with E-state index in [4.69, 9.17) is 16.3 Å². The quantitative estimate of drug-likeness (QED) is 0.218. The molecule has 0 radical (unpaired) electrons. The number of amides is 1. The average Bonchev–Trinajstić information content (AvgIpc) is 3.16. The van der Waals surface area contributed by atoms with Crippen molar-refractivity contribution in [3.63, 3.8) is 0 Å². The molecule has 0 saturated carbocycles. The standard InChI is InChI=1S/C29H29ClN2O5/c1-4-31(5-2)20-11-13-21(14-12-20)32-26(18-8-7-9-22(33)16-18)25(28(35)29(32)36)27(34)19-10-15-23(30)24(17-19)37-6-3/h7-17,26,33-34H,4-6H2,1-3H3/b27-25-. The van der Waals surface area contributed by atoms with Gasteiger partial charge in [0.2, 0.25) is 0 Å². The normalized spacial score (nSPS) is 16.8. The Bertz CT molecular complexity index is 1350. The van der Waals surface area contributed by atoms with Gasteiger partial charge in [0.25, 0.3) is 11.7 Å². The third kappa shape index (κ3) is 5.00. The van der Waals surface area contributed by atoms with E-state index in [0.717, 1.165) is 18.8 Å². The molecule has 3 aromatic rings. The van der Waals surface area contributed by atoms with E-state index < -0.39 is 17.7 Å². The molecule has 1 fully saturated rings. The second-order valence-corrected chi connectivity index (χ2v) is 8.94. The zero-order chi connectivity index (χ0) is 26.7. The van der Waals surface area contributed by atoms with Crippen LogP contribution in [0.25, 0.3) is 5.76 Å². The van der Waals surface area contributed by atoms with Gasteiger partial charge in [-0.1, -0.05) is 23.7 Å². The van der Waals surface area contributed by atoms with Crippen LogP contribution >= 0.6 is 11.6 Å². The van der Waals surface area contributed by atoms with Crippen LogP contribution in [0.3, 0.4) is 0 Å². The second-order valence-electron chi connectivity index (χ2n) is 8.53. The Hall–Kier alpha value is -3.97. The third-order valence-electron chi connectivity index (χ3n) is 6.39. The van der Waals surface area contributed by atoms with E-state index in [1.54, 1.807) is 36.4 Å². The third-order valence-corrected chi connectivity index (χ3v) is 6.70. The van der Waals surface area contributed by atoms with Gasteiger partial charge in [-0.25, -0.2) is 0 Å². The molecule has 3 aromatic carbocycles. The number of anilines is 2. The Labute approximate surface area is 221 Å². The Morgan fingerprint density at radius 2 is 1.70 bits per heavy atom. The van der Waals surface area contributed by atoms with Crippen LogP contribution in [-0.4, -0.2) is 41.6 Å². The molecule has 0 bridgehead atoms. The number of hydrogen-bond donors (Lipinski definition) is 2. The average molecular weight is 521 g/mol. The number of carbonyl (C=O) groups is 2. The van der Waals surface area contributed by atoms with Gasteiger partial charge in [0.15, 0.2) is 0 Å². The molecule has 0 aliphatic carbocycles. The molecule has 1 saturated heterocycles. The fraction of sp³-hybridized carbons (Fsp3) is 0.241. The number of halogens is 1. The number of benzene rings is 3. The van der Waals surface area contributed by atoms with Gasteiger partial charge < -0.3 is 19.8 Å². The van der Waals surface area contributed by atoms with E-state index in [9.17, 15) is 19.8 Å². The highest BCUT2D eigenvalue weighted by molar-refractivity contribution is 6.51. The largest absolute Gasteiger partial charge is 0.508 e. The van der Waals surface area contributed by atoms with E-state index in [-0.39, 0.29) is 22.6 Å². The number of aromatic hydroxyl groups is 1. The molecule has 8 heteroatoms. The van der Waals surface area contributed by atoms with E-state index in [2.05, 4.69) is 18.7 Å². The van der Waals surface area contributed by atoms with Crippen LogP contribution in [0.4, 0.5) is 11.4 Å². The van der Waals surface area contributed by atoms with E-state index in [0.29, 0.717) is 28.6 Å². The maximum absolute atomic E-state index is 13.4. The number of nitrogens with zero attached hydrogens (tertiary/aromatic N) is 2. The molecular formula is C29H29ClN2O5. The highest BCUT2D eigenvalue weighted by atomic mass is 35.5. The molecule has 1 aliphatic heterocycles. The van der Waals surface area contributed by atoms with Gasteiger partial charge in [-0.05, 0) is 80.9 Å². The first kappa shape index (κ1) is 26.1. The number of Topliss-reactive ketones (excluding diaryl/α,β-unsaturated/α-hetero) is 1. The van der Waals surface area contributed by atoms with E-state index in [1.165, 1.54) is 23.1 Å². The zero-order valence-electron chi connectivity index (χ0n) is 20.9. The van der Waals surface area contributed by atoms with Crippen LogP contribution in [0, 0.1) is 0 Å². The zero-order valence-corrected chi connectivity index (χ0v) is 21.7. The lowest BCUT2D eigenvalue weighted by molar-refractivity contribution is -0.132. The van der Waals surface area contributed by atoms with Crippen molar-refractivity contribution in [2.24, 2.45) is 0 Å². The van der Waals surface area contributed by atoms with Crippen LogP contribution < -0.4 is 14.5 Å². The summed E-state index contributed by atoms with van der Waals surface area (Å²) in [5, 5.41) is 21.9. The number of hydrogen-bond acceptors (Lipinski definition) is 6. The number of aliphatic hydroxyl groups is 1. The SMILES string of the molecule is CCOc1cc(/C(O)=C2/C(=O)C(=O)N(c3ccc(N(CC)CC)cc3)C2c2cccc(O)c2)ccc1Cl. The number of carbonyl (C=O) groups excluding carboxylic acids is 2. The molecule has 7 nitrogen and oxygen atoms in total. The minimum Gasteiger partial charge on any atom is -0.508 e. The maximum Gasteiger partial charge on any atom is 0.300 e. The number of phenolic OH excluding ortho intramolecular Hbond substituents is 1. The minimum atomic E-state index is -0.961. The van der Waals surface area contributed by atoms with Crippen molar-refractivity contribution < 1.29 is 24.5 Å². The summed E-state index contributed by atoms with van der Waals surface area (Å²) in [4.78, 5) is 30.3. The fourth-order valence-corrected chi connectivity index (χ4v) is 4.77. The van der Waals surface area contributed by atoms with Crippen LogP contribution in [0.1, 0.15) is 37.9 Å². The predicted molar refractivity (Wildman–Crippen MR) is 146 cm³/mol. The molecule has 1 heterocycles. The summed E-state index contributed by atoms with van der Waals surface area (Å²) in [6.07, 6.45) is 0. The van der Waals surface area contributed by atoms with Crippen molar-refractivity contribution >= 4 is 40.4 Å². The monoisotopic (exact) mass is 520 g/mol. The van der Waals surface area contributed by atoms with Crippen molar-refractivity contribution in [1.29, 1.82) is 0 Å². The molecule has 1 amide bonds. The van der Waals surface area contributed by atoms with E-state index in [1.807, 2.05) is 19.1 Å². The van der Waals surface area contributed by atoms with Crippen molar-refractivity contribution in [3.8, 4) is 11.5 Å². The van der Waals surface area contributed by atoms with Gasteiger partial charge in [-0.15, -0.1) is 0 Å². The van der Waals surface area contributed by atoms with Gasteiger partial charge in [-0.2, -0.15) is 0 Å². The lowest BCUT2D eigenvalue weighted by Gasteiger charge is -2.27. The maximum atomic E-state index is 13.4. The molecule has 0 spiro atoms. The summed E-state index contributed by atoms with van der Waals surface area (Å²) in [6, 6.07) is 17.4. The first-order valence-electron chi connectivity index (χ1n) is 12.2. The smallest absolute Gasteiger partial charge is 0.300 e. The number of ketones is 1. The number of rotatable bonds is 8. The molecule has 1 aliphatic rings. The first-order chi connectivity index (χ1) is 17.8. The Morgan fingerprint density at radius 3 is 2.32 bits per heavy atom.